The third-order valence-corrected chi connectivity index (χ3v) is 6.62. The molecule has 1 amide bonds. The summed E-state index contributed by atoms with van der Waals surface area (Å²) in [4.78, 5) is 20.5. The number of carbonyl (C=O) groups is 1. The molecule has 0 radical (unpaired) electrons. The van der Waals surface area contributed by atoms with Gasteiger partial charge in [-0.05, 0) is 5.56 Å². The SMILES string of the molecule is O=PCN1CCN(CP=O)CCN(C(=O)OCc2ccccc2)CCN(CP=O)CC1. The standard InChI is InChI=1S/C19H29N4O5P3/c24-19(28-14-18-4-2-1-3-5-18)23-12-10-21(16-30-26)8-6-20(15-29-25)7-9-22(11-13-23)17-31-27/h1-5H,6-17H2. The molecule has 1 saturated heterocycles. The minimum atomic E-state index is -0.396. The Balaban J connectivity index is 2.05. The first-order valence-corrected chi connectivity index (χ1v) is 13.2. The van der Waals surface area contributed by atoms with Gasteiger partial charge < -0.3 is 9.64 Å². The number of nitrogens with zero attached hydrogens (tertiary/aromatic N) is 4. The molecule has 0 saturated carbocycles. The van der Waals surface area contributed by atoms with Crippen LogP contribution in [0.1, 0.15) is 5.56 Å². The van der Waals surface area contributed by atoms with Gasteiger partial charge >= 0.3 is 6.09 Å². The van der Waals surface area contributed by atoms with Crippen LogP contribution in [0, 0.1) is 0 Å². The molecule has 1 aliphatic rings. The Hall–Kier alpha value is -1.33. The van der Waals surface area contributed by atoms with Gasteiger partial charge in [0.05, 0.1) is 18.9 Å². The van der Waals surface area contributed by atoms with Crippen LogP contribution in [0.15, 0.2) is 30.3 Å². The quantitative estimate of drug-likeness (QED) is 0.518. The number of ether oxygens (including phenoxy) is 1. The summed E-state index contributed by atoms with van der Waals surface area (Å²) in [7, 11) is 0.103. The zero-order valence-electron chi connectivity index (χ0n) is 17.5. The lowest BCUT2D eigenvalue weighted by Gasteiger charge is -2.32. The molecule has 31 heavy (non-hydrogen) atoms. The van der Waals surface area contributed by atoms with Crippen molar-refractivity contribution in [2.45, 2.75) is 6.61 Å². The van der Waals surface area contributed by atoms with Crippen LogP contribution >= 0.6 is 25.4 Å². The summed E-state index contributed by atoms with van der Waals surface area (Å²) in [6, 6.07) is 9.51. The Morgan fingerprint density at radius 3 is 1.55 bits per heavy atom. The van der Waals surface area contributed by atoms with Crippen molar-refractivity contribution in [3.05, 3.63) is 35.9 Å². The largest absolute Gasteiger partial charge is 0.445 e. The Labute approximate surface area is 188 Å². The summed E-state index contributed by atoms with van der Waals surface area (Å²) in [6.07, 6.45) is 0.768. The second-order valence-electron chi connectivity index (χ2n) is 7.19. The van der Waals surface area contributed by atoms with Gasteiger partial charge in [0.1, 0.15) is 6.61 Å². The molecule has 1 aromatic carbocycles. The third-order valence-electron chi connectivity index (χ3n) is 5.07. The fourth-order valence-electron chi connectivity index (χ4n) is 3.20. The van der Waals surface area contributed by atoms with E-state index >= 15 is 0 Å². The first-order valence-electron chi connectivity index (χ1n) is 10.2. The highest BCUT2D eigenvalue weighted by Gasteiger charge is 2.20. The van der Waals surface area contributed by atoms with E-state index in [1.807, 2.05) is 40.1 Å². The maximum atomic E-state index is 12.8. The molecule has 12 heteroatoms. The Morgan fingerprint density at radius 1 is 0.710 bits per heavy atom. The van der Waals surface area contributed by atoms with Gasteiger partial charge in [0.25, 0.3) is 0 Å². The molecule has 170 valence electrons. The fourth-order valence-corrected chi connectivity index (χ4v) is 4.54. The minimum Gasteiger partial charge on any atom is -0.445 e. The van der Waals surface area contributed by atoms with Gasteiger partial charge in [-0.3, -0.25) is 28.4 Å². The number of amides is 1. The Morgan fingerprint density at radius 2 is 1.13 bits per heavy atom. The van der Waals surface area contributed by atoms with Crippen molar-refractivity contribution in [3.8, 4) is 0 Å². The van der Waals surface area contributed by atoms with Gasteiger partial charge in [0, 0.05) is 52.4 Å². The highest BCUT2D eigenvalue weighted by molar-refractivity contribution is 7.23. The number of hydrogen-bond acceptors (Lipinski definition) is 8. The van der Waals surface area contributed by atoms with Gasteiger partial charge in [0.2, 0.25) is 0 Å². The summed E-state index contributed by atoms with van der Waals surface area (Å²) < 4.78 is 39.0. The highest BCUT2D eigenvalue weighted by Crippen LogP contribution is 2.09. The van der Waals surface area contributed by atoms with E-state index in [4.69, 9.17) is 4.74 Å². The van der Waals surface area contributed by atoms with E-state index in [-0.39, 0.29) is 32.0 Å². The molecular weight excluding hydrogens is 457 g/mol. The number of benzene rings is 1. The van der Waals surface area contributed by atoms with Crippen molar-refractivity contribution < 1.29 is 23.2 Å². The third kappa shape index (κ3) is 10.2. The molecular formula is C19H29N4O5P3. The zero-order chi connectivity index (χ0) is 22.3. The lowest BCUT2D eigenvalue weighted by atomic mass is 10.2. The van der Waals surface area contributed by atoms with Gasteiger partial charge in [-0.25, -0.2) is 4.79 Å². The van der Waals surface area contributed by atoms with E-state index in [0.29, 0.717) is 71.2 Å². The van der Waals surface area contributed by atoms with Gasteiger partial charge in [-0.2, -0.15) is 0 Å². The van der Waals surface area contributed by atoms with E-state index in [1.165, 1.54) is 0 Å². The lowest BCUT2D eigenvalue weighted by Crippen LogP contribution is -2.46. The van der Waals surface area contributed by atoms with Crippen molar-refractivity contribution in [3.63, 3.8) is 0 Å². The second-order valence-corrected chi connectivity index (χ2v) is 8.82. The predicted molar refractivity (Wildman–Crippen MR) is 120 cm³/mol. The van der Waals surface area contributed by atoms with Crippen LogP contribution < -0.4 is 0 Å². The van der Waals surface area contributed by atoms with E-state index in [1.54, 1.807) is 4.90 Å². The van der Waals surface area contributed by atoms with Crippen LogP contribution in [-0.2, 0) is 25.0 Å². The van der Waals surface area contributed by atoms with Crippen LogP contribution in [0.25, 0.3) is 0 Å². The smallest absolute Gasteiger partial charge is 0.410 e. The van der Waals surface area contributed by atoms with Crippen LogP contribution in [-0.4, -0.2) is 96.9 Å². The predicted octanol–water partition coefficient (Wildman–Crippen LogP) is 3.29. The summed E-state index contributed by atoms with van der Waals surface area (Å²) in [5, 5.41) is 0. The van der Waals surface area contributed by atoms with E-state index in [2.05, 4.69) is 4.90 Å². The normalized spacial score (nSPS) is 18.6. The Kier molecular flexibility index (Phi) is 12.9. The monoisotopic (exact) mass is 486 g/mol. The molecule has 0 N–H and O–H groups in total. The molecule has 1 aliphatic heterocycles. The molecule has 1 fully saturated rings. The second kappa shape index (κ2) is 15.5. The molecule has 0 bridgehead atoms. The zero-order valence-corrected chi connectivity index (χ0v) is 20.2. The molecule has 1 heterocycles. The van der Waals surface area contributed by atoms with Crippen molar-refractivity contribution >= 4 is 31.5 Å². The minimum absolute atomic E-state index is 0.0241. The summed E-state index contributed by atoms with van der Waals surface area (Å²) in [5.74, 6) is 0. The van der Waals surface area contributed by atoms with E-state index < -0.39 is 6.09 Å². The average Bonchev–Trinajstić information content (AvgIpc) is 2.78. The van der Waals surface area contributed by atoms with Crippen LogP contribution in [0.5, 0.6) is 0 Å². The summed E-state index contributed by atoms with van der Waals surface area (Å²) in [5.41, 5.74) is 0.918. The molecule has 0 spiro atoms. The molecule has 0 aliphatic carbocycles. The van der Waals surface area contributed by atoms with Crippen molar-refractivity contribution in [2.75, 3.05) is 71.2 Å². The van der Waals surface area contributed by atoms with Gasteiger partial charge in [-0.15, -0.1) is 0 Å². The van der Waals surface area contributed by atoms with Crippen molar-refractivity contribution in [2.24, 2.45) is 0 Å². The number of hydrogen-bond donors (Lipinski definition) is 0. The van der Waals surface area contributed by atoms with Crippen molar-refractivity contribution in [1.29, 1.82) is 0 Å². The first-order chi connectivity index (χ1) is 15.2. The molecule has 0 unspecified atom stereocenters. The van der Waals surface area contributed by atoms with Crippen LogP contribution in [0.3, 0.4) is 0 Å². The maximum absolute atomic E-state index is 12.8. The van der Waals surface area contributed by atoms with Crippen LogP contribution in [0.2, 0.25) is 0 Å². The molecule has 0 aromatic heterocycles. The molecule has 1 aromatic rings. The van der Waals surface area contributed by atoms with Crippen LogP contribution in [0.4, 0.5) is 4.79 Å². The topological polar surface area (TPSA) is 90.5 Å². The van der Waals surface area contributed by atoms with E-state index in [9.17, 15) is 18.5 Å². The van der Waals surface area contributed by atoms with Gasteiger partial charge in [0.15, 0.2) is 25.4 Å². The van der Waals surface area contributed by atoms with E-state index in [0.717, 1.165) is 5.56 Å². The summed E-state index contributed by atoms with van der Waals surface area (Å²) >= 11 is 0. The highest BCUT2D eigenvalue weighted by atomic mass is 31.1. The van der Waals surface area contributed by atoms with Gasteiger partial charge in [-0.1, -0.05) is 30.3 Å². The number of carbonyl (C=O) groups excluding carboxylic acids is 1. The maximum Gasteiger partial charge on any atom is 0.410 e. The lowest BCUT2D eigenvalue weighted by molar-refractivity contribution is 0.0852. The Bertz CT molecular complexity index is 674. The molecule has 2 rings (SSSR count). The molecule has 0 atom stereocenters. The van der Waals surface area contributed by atoms with Crippen molar-refractivity contribution in [1.82, 2.24) is 19.6 Å². The summed E-state index contributed by atoms with van der Waals surface area (Å²) in [6.45, 7) is 4.83. The molecule has 9 nitrogen and oxygen atoms in total. The number of rotatable bonds is 8. The first kappa shape index (κ1) is 25.9. The average molecular weight is 486 g/mol. The fraction of sp³-hybridized carbons (Fsp3) is 0.632.